The van der Waals surface area contributed by atoms with E-state index >= 15 is 8.78 Å². The van der Waals surface area contributed by atoms with Crippen LogP contribution in [0.1, 0.15) is 75.1 Å². The molecule has 18 heteroatoms. The van der Waals surface area contributed by atoms with E-state index in [0.717, 1.165) is 112 Å². The molecule has 1 atom stereocenters. The molecule has 9 rings (SSSR count). The van der Waals surface area contributed by atoms with Gasteiger partial charge in [0, 0.05) is 110 Å². The molecule has 70 heavy (non-hydrogen) atoms. The van der Waals surface area contributed by atoms with Gasteiger partial charge in [-0.3, -0.25) is 24.8 Å². The van der Waals surface area contributed by atoms with Crippen LogP contribution in [0.2, 0.25) is 0 Å². The Balaban J connectivity index is 0.750. The highest BCUT2D eigenvalue weighted by Gasteiger charge is 2.35. The van der Waals surface area contributed by atoms with Crippen molar-refractivity contribution in [3.8, 4) is 5.75 Å². The molecule has 3 aromatic carbocycles. The Morgan fingerprint density at radius 2 is 1.61 bits per heavy atom. The zero-order valence-electron chi connectivity index (χ0n) is 40.7. The highest BCUT2D eigenvalue weighted by Crippen LogP contribution is 2.43. The van der Waals surface area contributed by atoms with E-state index in [0.29, 0.717) is 57.8 Å². The second-order valence-corrected chi connectivity index (χ2v) is 23.7. The number of piperazine rings is 1. The number of ether oxygens (including phenoxy) is 1. The number of piperidine rings is 2. The Morgan fingerprint density at radius 3 is 2.29 bits per heavy atom. The van der Waals surface area contributed by atoms with Gasteiger partial charge in [-0.1, -0.05) is 19.9 Å². The van der Waals surface area contributed by atoms with Crippen LogP contribution >= 0.6 is 23.1 Å². The van der Waals surface area contributed by atoms with Gasteiger partial charge in [-0.2, -0.15) is 4.98 Å². The molecule has 5 aromatic rings. The molecule has 14 nitrogen and oxygen atoms in total. The fourth-order valence-corrected chi connectivity index (χ4v) is 12.7. The van der Waals surface area contributed by atoms with E-state index in [4.69, 9.17) is 14.7 Å². The van der Waals surface area contributed by atoms with Crippen molar-refractivity contribution in [3.63, 3.8) is 0 Å². The number of fused-ring (bicyclic) bond motifs is 1. The van der Waals surface area contributed by atoms with Gasteiger partial charge < -0.3 is 35.1 Å². The molecule has 4 aliphatic rings. The van der Waals surface area contributed by atoms with Crippen molar-refractivity contribution in [3.05, 3.63) is 87.7 Å². The molecule has 3 aliphatic heterocycles. The van der Waals surface area contributed by atoms with Crippen molar-refractivity contribution in [1.82, 2.24) is 30.1 Å². The van der Waals surface area contributed by atoms with Crippen LogP contribution < -0.4 is 36.2 Å². The van der Waals surface area contributed by atoms with E-state index in [1.165, 1.54) is 23.4 Å². The van der Waals surface area contributed by atoms with Crippen LogP contribution in [-0.4, -0.2) is 115 Å². The second-order valence-electron chi connectivity index (χ2n) is 19.7. The van der Waals surface area contributed by atoms with Crippen molar-refractivity contribution in [2.24, 2.45) is 11.8 Å². The number of imide groups is 1. The molecule has 4 N–H and O–H groups in total. The number of carbonyl (C=O) groups is 2. The Kier molecular flexibility index (Phi) is 15.1. The van der Waals surface area contributed by atoms with Gasteiger partial charge in [0.2, 0.25) is 17.8 Å². The smallest absolute Gasteiger partial charge is 0.234 e. The third-order valence-corrected chi connectivity index (χ3v) is 16.8. The molecule has 1 saturated carbocycles. The lowest BCUT2D eigenvalue weighted by atomic mass is 9.74. The summed E-state index contributed by atoms with van der Waals surface area (Å²) < 4.78 is 50.4. The molecule has 2 amide bonds. The van der Waals surface area contributed by atoms with Gasteiger partial charge in [0.25, 0.3) is 0 Å². The van der Waals surface area contributed by atoms with Crippen molar-refractivity contribution in [1.29, 1.82) is 0 Å². The van der Waals surface area contributed by atoms with E-state index in [1.807, 2.05) is 24.3 Å². The standard InChI is InChI=1S/C52H64BrF2N10O4P/c1-6-33-24-44(60-52-57-29-39(53)50(62-52)59-43-12-11-42-37(49(43)70(4,5)68)9-8-34(7-2)58-42)46(69-3)27-45(33)65-16-14-36(15-17-65)64-20-18-63(19-21-64)30-32-22-31(23-32)28-56-35-25-40(54)48(41(55)26-35)38-10-13-47(66)61-51(38)67/h8-9,11-12,24-27,29,31-32,36,38,56H,6-7,10,13-23,28,30H2,1-5H3,(H,61,66,67)(H2,57,59,60,62). The third-order valence-electron chi connectivity index (χ3n) is 14.7. The summed E-state index contributed by atoms with van der Waals surface area (Å²) in [6, 6.07) is 15.3. The summed E-state index contributed by atoms with van der Waals surface area (Å²) in [5.41, 5.74) is 5.80. The molecule has 2 aromatic heterocycles. The molecule has 372 valence electrons. The number of benzene rings is 3. The molecular weight excluding hydrogens is 978 g/mol. The Bertz CT molecular complexity index is 2790. The highest BCUT2D eigenvalue weighted by molar-refractivity contribution is 9.10. The number of methoxy groups -OCH3 is 1. The van der Waals surface area contributed by atoms with Gasteiger partial charge in [-0.15, -0.1) is 0 Å². The van der Waals surface area contributed by atoms with Crippen LogP contribution in [-0.2, 0) is 27.0 Å². The molecule has 5 heterocycles. The average Bonchev–Trinajstić information content (AvgIpc) is 3.33. The number of amides is 2. The SMILES string of the molecule is CCc1ccc2c(P(C)(C)=O)c(Nc3nc(Nc4cc(CC)c(N5CCC(N6CCN(CC7CC(CNc8cc(F)c(C9CCC(=O)NC9=O)c(F)c8)C7)CC6)CC5)cc4OC)ncc3Br)ccc2n1. The van der Waals surface area contributed by atoms with Gasteiger partial charge >= 0.3 is 0 Å². The summed E-state index contributed by atoms with van der Waals surface area (Å²) >= 11 is 3.63. The fraction of sp³-hybridized carbons (Fsp3) is 0.481. The number of aromatic nitrogens is 3. The number of pyridine rings is 1. The first-order valence-electron chi connectivity index (χ1n) is 24.7. The Hall–Kier alpha value is -5.22. The normalized spacial score (nSPS) is 20.6. The quantitative estimate of drug-likeness (QED) is 0.0549. The molecular formula is C52H64BrF2N10O4P. The summed E-state index contributed by atoms with van der Waals surface area (Å²) in [6.45, 7) is 15.7. The molecule has 0 spiro atoms. The third kappa shape index (κ3) is 11.0. The second kappa shape index (κ2) is 21.2. The number of rotatable bonds is 16. The molecule has 0 bridgehead atoms. The highest BCUT2D eigenvalue weighted by atomic mass is 79.9. The van der Waals surface area contributed by atoms with E-state index < -0.39 is 36.5 Å². The number of hydrogen-bond acceptors (Lipinski definition) is 13. The lowest BCUT2D eigenvalue weighted by molar-refractivity contribution is -0.134. The minimum absolute atomic E-state index is 0.0647. The largest absolute Gasteiger partial charge is 0.494 e. The maximum absolute atomic E-state index is 15.0. The number of carbonyl (C=O) groups excluding carboxylic acids is 2. The monoisotopic (exact) mass is 1040 g/mol. The summed E-state index contributed by atoms with van der Waals surface area (Å²) in [6.07, 6.45) is 7.89. The number of anilines is 6. The molecule has 0 radical (unpaired) electrons. The summed E-state index contributed by atoms with van der Waals surface area (Å²) in [5.74, 6) is -0.892. The number of halogens is 3. The maximum Gasteiger partial charge on any atom is 0.234 e. The lowest BCUT2D eigenvalue weighted by Gasteiger charge is -2.45. The minimum atomic E-state index is -2.74. The van der Waals surface area contributed by atoms with Crippen molar-refractivity contribution in [2.75, 3.05) is 93.6 Å². The van der Waals surface area contributed by atoms with E-state index in [2.05, 4.69) is 82.9 Å². The van der Waals surface area contributed by atoms with Gasteiger partial charge in [0.1, 0.15) is 30.3 Å². The topological polar surface area (TPSA) is 157 Å². The van der Waals surface area contributed by atoms with Crippen molar-refractivity contribution >= 4 is 85.6 Å². The average molecular weight is 1040 g/mol. The maximum atomic E-state index is 15.0. The molecule has 1 unspecified atom stereocenters. The first kappa shape index (κ1) is 49.7. The van der Waals surface area contributed by atoms with Crippen LogP contribution in [0, 0.1) is 23.5 Å². The summed E-state index contributed by atoms with van der Waals surface area (Å²) in [5, 5.41) is 13.9. The van der Waals surface area contributed by atoms with Crippen molar-refractivity contribution in [2.45, 2.75) is 77.2 Å². The van der Waals surface area contributed by atoms with Crippen LogP contribution in [0.3, 0.4) is 0 Å². The minimum Gasteiger partial charge on any atom is -0.494 e. The van der Waals surface area contributed by atoms with Gasteiger partial charge in [-0.05, 0) is 128 Å². The number of nitrogens with zero attached hydrogens (tertiary/aromatic N) is 6. The molecule has 4 fully saturated rings. The first-order chi connectivity index (χ1) is 33.7. The van der Waals surface area contributed by atoms with Gasteiger partial charge in [0.15, 0.2) is 0 Å². The summed E-state index contributed by atoms with van der Waals surface area (Å²) in [4.78, 5) is 45.8. The van der Waals surface area contributed by atoms with Crippen molar-refractivity contribution < 1.29 is 27.7 Å². The number of nitrogens with one attached hydrogen (secondary N) is 4. The van der Waals surface area contributed by atoms with Crippen LogP contribution in [0.15, 0.2) is 59.2 Å². The Labute approximate surface area is 417 Å². The Morgan fingerprint density at radius 1 is 0.871 bits per heavy atom. The van der Waals surface area contributed by atoms with Crippen LogP contribution in [0.5, 0.6) is 5.75 Å². The fourth-order valence-electron chi connectivity index (χ4n) is 10.9. The molecule has 3 saturated heterocycles. The number of hydrogen-bond donors (Lipinski definition) is 4. The number of aryl methyl sites for hydroxylation is 2. The van der Waals surface area contributed by atoms with E-state index in [1.54, 1.807) is 26.6 Å². The lowest BCUT2D eigenvalue weighted by Crippen LogP contribution is -2.54. The predicted octanol–water partition coefficient (Wildman–Crippen LogP) is 9.18. The van der Waals surface area contributed by atoms with Crippen LogP contribution in [0.4, 0.5) is 43.3 Å². The van der Waals surface area contributed by atoms with E-state index in [-0.39, 0.29) is 18.4 Å². The van der Waals surface area contributed by atoms with E-state index in [9.17, 15) is 14.2 Å². The predicted molar refractivity (Wildman–Crippen MR) is 278 cm³/mol. The van der Waals surface area contributed by atoms with Gasteiger partial charge in [-0.25, -0.2) is 13.8 Å². The van der Waals surface area contributed by atoms with Gasteiger partial charge in [0.05, 0.1) is 34.4 Å². The summed E-state index contributed by atoms with van der Waals surface area (Å²) in [7, 11) is -1.05. The molecule has 1 aliphatic carbocycles. The zero-order valence-corrected chi connectivity index (χ0v) is 43.2. The first-order valence-corrected chi connectivity index (χ1v) is 28.1. The zero-order chi connectivity index (χ0) is 49.3. The van der Waals surface area contributed by atoms with Crippen LogP contribution in [0.25, 0.3) is 10.9 Å².